The third-order valence-corrected chi connectivity index (χ3v) is 4.85. The number of aliphatic hydroxyl groups excluding tert-OH is 1. The van der Waals surface area contributed by atoms with Crippen LogP contribution in [0.25, 0.3) is 0 Å². The predicted octanol–water partition coefficient (Wildman–Crippen LogP) is 1.82. The molecule has 23 heavy (non-hydrogen) atoms. The number of rotatable bonds is 6. The highest BCUT2D eigenvalue weighted by atomic mass is 16.3. The van der Waals surface area contributed by atoms with Gasteiger partial charge in [0.15, 0.2) is 0 Å². The Morgan fingerprint density at radius 1 is 1.35 bits per heavy atom. The molecule has 2 amide bonds. The van der Waals surface area contributed by atoms with E-state index in [1.807, 2.05) is 18.7 Å². The Hall–Kier alpha value is -1.56. The second-order valence-electron chi connectivity index (χ2n) is 6.70. The molecule has 1 heterocycles. The molecule has 6 nitrogen and oxygen atoms in total. The van der Waals surface area contributed by atoms with Gasteiger partial charge in [-0.25, -0.2) is 4.79 Å². The van der Waals surface area contributed by atoms with Crippen LogP contribution in [0, 0.1) is 19.8 Å². The summed E-state index contributed by atoms with van der Waals surface area (Å²) in [6.07, 6.45) is 5.50. The van der Waals surface area contributed by atoms with E-state index in [9.17, 15) is 9.90 Å². The summed E-state index contributed by atoms with van der Waals surface area (Å²) in [6, 6.07) is -0.107. The van der Waals surface area contributed by atoms with E-state index >= 15 is 0 Å². The molecule has 0 aliphatic heterocycles. The van der Waals surface area contributed by atoms with Crippen molar-refractivity contribution in [3.63, 3.8) is 0 Å². The van der Waals surface area contributed by atoms with Crippen LogP contribution < -0.4 is 10.6 Å². The summed E-state index contributed by atoms with van der Waals surface area (Å²) >= 11 is 0. The molecular formula is C17H30N4O2. The molecule has 1 aromatic rings. The first kappa shape index (κ1) is 17.8. The fourth-order valence-electron chi connectivity index (χ4n) is 3.39. The molecule has 0 aromatic carbocycles. The van der Waals surface area contributed by atoms with Crippen molar-refractivity contribution in [3.05, 3.63) is 17.0 Å². The van der Waals surface area contributed by atoms with Crippen molar-refractivity contribution in [3.8, 4) is 0 Å². The molecule has 1 saturated carbocycles. The van der Waals surface area contributed by atoms with Crippen molar-refractivity contribution in [2.75, 3.05) is 13.1 Å². The first-order chi connectivity index (χ1) is 11.0. The zero-order valence-corrected chi connectivity index (χ0v) is 14.6. The van der Waals surface area contributed by atoms with Crippen molar-refractivity contribution in [1.29, 1.82) is 0 Å². The van der Waals surface area contributed by atoms with Crippen LogP contribution in [-0.2, 0) is 13.5 Å². The first-order valence-electron chi connectivity index (χ1n) is 8.66. The lowest BCUT2D eigenvalue weighted by molar-refractivity contribution is 0.101. The number of amides is 2. The van der Waals surface area contributed by atoms with E-state index in [1.54, 1.807) is 0 Å². The highest BCUT2D eigenvalue weighted by Gasteiger charge is 2.20. The topological polar surface area (TPSA) is 79.2 Å². The fourth-order valence-corrected chi connectivity index (χ4v) is 3.39. The van der Waals surface area contributed by atoms with Crippen LogP contribution >= 0.6 is 0 Å². The van der Waals surface area contributed by atoms with Gasteiger partial charge in [0.25, 0.3) is 0 Å². The minimum Gasteiger partial charge on any atom is -0.393 e. The maximum absolute atomic E-state index is 11.8. The summed E-state index contributed by atoms with van der Waals surface area (Å²) in [6.45, 7) is 5.42. The van der Waals surface area contributed by atoms with Crippen LogP contribution in [-0.4, -0.2) is 40.1 Å². The first-order valence-corrected chi connectivity index (χ1v) is 8.66. The molecule has 3 N–H and O–H groups in total. The molecule has 130 valence electrons. The Morgan fingerprint density at radius 3 is 2.78 bits per heavy atom. The van der Waals surface area contributed by atoms with Crippen LogP contribution in [0.15, 0.2) is 0 Å². The van der Waals surface area contributed by atoms with Gasteiger partial charge in [-0.1, -0.05) is 6.42 Å². The largest absolute Gasteiger partial charge is 0.393 e. The van der Waals surface area contributed by atoms with Gasteiger partial charge < -0.3 is 15.7 Å². The zero-order valence-electron chi connectivity index (χ0n) is 14.6. The SMILES string of the molecule is Cc1nn(C)c(C)c1CCCNC(=O)NCC1CCCC(O)C1. The lowest BCUT2D eigenvalue weighted by Gasteiger charge is -2.25. The molecule has 2 unspecified atom stereocenters. The number of nitrogens with zero attached hydrogens (tertiary/aromatic N) is 2. The molecule has 0 bridgehead atoms. The number of urea groups is 1. The molecule has 1 fully saturated rings. The van der Waals surface area contributed by atoms with Crippen LogP contribution in [0.1, 0.15) is 49.1 Å². The number of hydrogen-bond donors (Lipinski definition) is 3. The summed E-state index contributed by atoms with van der Waals surface area (Å²) in [5.41, 5.74) is 3.55. The van der Waals surface area contributed by atoms with Gasteiger partial charge in [0, 0.05) is 25.8 Å². The second-order valence-corrected chi connectivity index (χ2v) is 6.70. The highest BCUT2D eigenvalue weighted by molar-refractivity contribution is 5.73. The van der Waals surface area contributed by atoms with E-state index in [0.717, 1.165) is 44.2 Å². The Kier molecular flexibility index (Phi) is 6.45. The molecule has 1 aliphatic rings. The smallest absolute Gasteiger partial charge is 0.314 e. The van der Waals surface area contributed by atoms with E-state index in [0.29, 0.717) is 19.0 Å². The Morgan fingerprint density at radius 2 is 2.13 bits per heavy atom. The number of hydrogen-bond acceptors (Lipinski definition) is 3. The lowest BCUT2D eigenvalue weighted by atomic mass is 9.87. The van der Waals surface area contributed by atoms with Crippen molar-refractivity contribution in [2.45, 2.75) is 58.5 Å². The van der Waals surface area contributed by atoms with Crippen molar-refractivity contribution >= 4 is 6.03 Å². The molecule has 1 aromatic heterocycles. The minimum absolute atomic E-state index is 0.107. The maximum atomic E-state index is 11.8. The third kappa shape index (κ3) is 5.23. The van der Waals surface area contributed by atoms with E-state index in [4.69, 9.17) is 0 Å². The summed E-state index contributed by atoms with van der Waals surface area (Å²) in [5, 5.41) is 19.9. The summed E-state index contributed by atoms with van der Waals surface area (Å²) < 4.78 is 1.91. The van der Waals surface area contributed by atoms with Crippen molar-refractivity contribution < 1.29 is 9.90 Å². The molecule has 0 saturated heterocycles. The Bertz CT molecular complexity index is 527. The van der Waals surface area contributed by atoms with E-state index < -0.39 is 0 Å². The van der Waals surface area contributed by atoms with Gasteiger partial charge in [-0.15, -0.1) is 0 Å². The maximum Gasteiger partial charge on any atom is 0.314 e. The normalized spacial score (nSPS) is 21.2. The molecule has 0 radical (unpaired) electrons. The van der Waals surface area contributed by atoms with E-state index in [-0.39, 0.29) is 12.1 Å². The van der Waals surface area contributed by atoms with Gasteiger partial charge in [-0.05, 0) is 57.4 Å². The average Bonchev–Trinajstić information content (AvgIpc) is 2.75. The highest BCUT2D eigenvalue weighted by Crippen LogP contribution is 2.23. The number of carbonyl (C=O) groups is 1. The van der Waals surface area contributed by atoms with Crippen molar-refractivity contribution in [1.82, 2.24) is 20.4 Å². The monoisotopic (exact) mass is 322 g/mol. The Balaban J connectivity index is 1.61. The predicted molar refractivity (Wildman–Crippen MR) is 90.4 cm³/mol. The lowest BCUT2D eigenvalue weighted by Crippen LogP contribution is -2.40. The average molecular weight is 322 g/mol. The number of nitrogens with one attached hydrogen (secondary N) is 2. The third-order valence-electron chi connectivity index (χ3n) is 4.85. The molecule has 1 aliphatic carbocycles. The molecule has 2 rings (SSSR count). The number of aryl methyl sites for hydroxylation is 2. The molecule has 2 atom stereocenters. The Labute approximate surface area is 138 Å². The van der Waals surface area contributed by atoms with Crippen molar-refractivity contribution in [2.24, 2.45) is 13.0 Å². The number of aliphatic hydroxyl groups is 1. The van der Waals surface area contributed by atoms with Crippen LogP contribution in [0.4, 0.5) is 4.79 Å². The zero-order chi connectivity index (χ0) is 16.8. The van der Waals surface area contributed by atoms with Crippen LogP contribution in [0.5, 0.6) is 0 Å². The molecule has 0 spiro atoms. The van der Waals surface area contributed by atoms with Crippen LogP contribution in [0.2, 0.25) is 0 Å². The summed E-state index contributed by atoms with van der Waals surface area (Å²) in [7, 11) is 1.96. The number of aromatic nitrogens is 2. The van der Waals surface area contributed by atoms with Gasteiger partial charge in [0.05, 0.1) is 11.8 Å². The van der Waals surface area contributed by atoms with Gasteiger partial charge in [-0.3, -0.25) is 4.68 Å². The van der Waals surface area contributed by atoms with Gasteiger partial charge in [0.2, 0.25) is 0 Å². The second kappa shape index (κ2) is 8.34. The van der Waals surface area contributed by atoms with E-state index in [1.165, 1.54) is 11.3 Å². The fraction of sp³-hybridized carbons (Fsp3) is 0.765. The van der Waals surface area contributed by atoms with Gasteiger partial charge in [0.1, 0.15) is 0 Å². The molecule has 6 heteroatoms. The minimum atomic E-state index is -0.190. The standard InChI is InChI=1S/C17H30N4O2/c1-12-16(13(2)21(3)20-12)8-5-9-18-17(23)19-11-14-6-4-7-15(22)10-14/h14-15,22H,4-11H2,1-3H3,(H2,18,19,23). The summed E-state index contributed by atoms with van der Waals surface area (Å²) in [4.78, 5) is 11.8. The van der Waals surface area contributed by atoms with E-state index in [2.05, 4.69) is 22.7 Å². The van der Waals surface area contributed by atoms with Crippen LogP contribution in [0.3, 0.4) is 0 Å². The molecular weight excluding hydrogens is 292 g/mol. The quantitative estimate of drug-likeness (QED) is 0.699. The van der Waals surface area contributed by atoms with Gasteiger partial charge >= 0.3 is 6.03 Å². The number of carbonyl (C=O) groups excluding carboxylic acids is 1. The summed E-state index contributed by atoms with van der Waals surface area (Å²) in [5.74, 6) is 0.408. The van der Waals surface area contributed by atoms with Gasteiger partial charge in [-0.2, -0.15) is 5.10 Å².